The Labute approximate surface area is 230 Å². The highest BCUT2D eigenvalue weighted by molar-refractivity contribution is 6.21. The fraction of sp³-hybridized carbons (Fsp3) is 0.742. The van der Waals surface area contributed by atoms with Gasteiger partial charge in [-0.1, -0.05) is 96.1 Å². The number of carbonyl (C=O) groups is 2. The fourth-order valence-corrected chi connectivity index (χ4v) is 4.58. The van der Waals surface area contributed by atoms with Crippen molar-refractivity contribution in [3.63, 3.8) is 0 Å². The summed E-state index contributed by atoms with van der Waals surface area (Å²) in [5.41, 5.74) is 0.927. The van der Waals surface area contributed by atoms with Crippen molar-refractivity contribution in [2.24, 2.45) is 0 Å². The fourth-order valence-electron chi connectivity index (χ4n) is 4.58. The molecule has 2 amide bonds. The summed E-state index contributed by atoms with van der Waals surface area (Å²) < 4.78 is 22.2. The molecule has 2 rings (SSSR count). The molecule has 216 valence electrons. The number of carbonyl (C=O) groups excluding carboxylic acids is 2. The summed E-state index contributed by atoms with van der Waals surface area (Å²) in [6, 6.07) is 6.89. The maximum Gasteiger partial charge on any atom is 0.261 e. The molecule has 1 aliphatic rings. The van der Waals surface area contributed by atoms with Gasteiger partial charge in [0, 0.05) is 6.61 Å². The predicted octanol–water partition coefficient (Wildman–Crippen LogP) is 6.44. The lowest BCUT2D eigenvalue weighted by molar-refractivity contribution is -0.00353. The van der Waals surface area contributed by atoms with Crippen molar-refractivity contribution in [3.05, 3.63) is 35.4 Å². The molecule has 0 fully saturated rings. The van der Waals surface area contributed by atoms with Crippen molar-refractivity contribution in [1.29, 1.82) is 0 Å². The first-order valence-electron chi connectivity index (χ1n) is 15.0. The van der Waals surface area contributed by atoms with Crippen LogP contribution in [-0.2, 0) is 18.9 Å². The van der Waals surface area contributed by atoms with Crippen molar-refractivity contribution in [2.75, 3.05) is 59.4 Å². The Morgan fingerprint density at radius 3 is 1.32 bits per heavy atom. The van der Waals surface area contributed by atoms with Gasteiger partial charge in [0.2, 0.25) is 0 Å². The average molecular weight is 534 g/mol. The third-order valence-electron chi connectivity index (χ3n) is 6.85. The number of hydrogen-bond donors (Lipinski definition) is 0. The summed E-state index contributed by atoms with van der Waals surface area (Å²) in [6.07, 6.45) is 17.7. The molecule has 0 bridgehead atoms. The summed E-state index contributed by atoms with van der Waals surface area (Å²) >= 11 is 0. The van der Waals surface area contributed by atoms with Gasteiger partial charge in [0.15, 0.2) is 0 Å². The molecule has 0 unspecified atom stereocenters. The standard InChI is InChI=1S/C31H51NO6/c1-2-3-4-5-6-7-8-9-10-11-12-13-16-20-35-22-24-37-26-27-38-25-23-36-21-19-32-30(33)28-17-14-15-18-29(28)31(32)34/h14-15,17-18H,2-13,16,19-27H2,1H3. The number of fused-ring (bicyclic) bond motifs is 1. The first-order valence-corrected chi connectivity index (χ1v) is 15.0. The smallest absolute Gasteiger partial charge is 0.261 e. The zero-order chi connectivity index (χ0) is 27.1. The van der Waals surface area contributed by atoms with E-state index in [-0.39, 0.29) is 18.4 Å². The van der Waals surface area contributed by atoms with E-state index in [0.29, 0.717) is 57.4 Å². The minimum atomic E-state index is -0.254. The van der Waals surface area contributed by atoms with Crippen molar-refractivity contribution in [2.45, 2.75) is 90.4 Å². The molecule has 0 atom stereocenters. The molecule has 1 aliphatic heterocycles. The molecule has 1 aromatic carbocycles. The number of ether oxygens (including phenoxy) is 4. The zero-order valence-electron chi connectivity index (χ0n) is 23.8. The highest BCUT2D eigenvalue weighted by Gasteiger charge is 2.34. The Kier molecular flexibility index (Phi) is 18.8. The Morgan fingerprint density at radius 2 is 0.868 bits per heavy atom. The van der Waals surface area contributed by atoms with Gasteiger partial charge in [-0.25, -0.2) is 0 Å². The highest BCUT2D eigenvalue weighted by atomic mass is 16.6. The number of benzene rings is 1. The van der Waals surface area contributed by atoms with E-state index in [1.54, 1.807) is 24.3 Å². The maximum atomic E-state index is 12.3. The SMILES string of the molecule is CCCCCCCCCCCCCCCOCCOCCOCCOCCN1C(=O)c2ccccc2C1=O. The topological polar surface area (TPSA) is 74.3 Å². The summed E-state index contributed by atoms with van der Waals surface area (Å²) in [6.45, 7) is 6.71. The lowest BCUT2D eigenvalue weighted by atomic mass is 10.0. The summed E-state index contributed by atoms with van der Waals surface area (Å²) in [4.78, 5) is 25.8. The number of rotatable bonds is 26. The Hall–Kier alpha value is -1.80. The van der Waals surface area contributed by atoms with E-state index in [4.69, 9.17) is 18.9 Å². The second kappa shape index (κ2) is 22.1. The van der Waals surface area contributed by atoms with Gasteiger partial charge >= 0.3 is 0 Å². The third kappa shape index (κ3) is 13.8. The number of hydrogen-bond acceptors (Lipinski definition) is 6. The number of unbranched alkanes of at least 4 members (excludes halogenated alkanes) is 12. The minimum Gasteiger partial charge on any atom is -0.379 e. The van der Waals surface area contributed by atoms with Crippen LogP contribution in [0, 0.1) is 0 Å². The minimum absolute atomic E-state index is 0.245. The quantitative estimate of drug-likeness (QED) is 0.101. The molecule has 7 nitrogen and oxygen atoms in total. The molecule has 1 aromatic rings. The van der Waals surface area contributed by atoms with Gasteiger partial charge in [-0.2, -0.15) is 0 Å². The van der Waals surface area contributed by atoms with E-state index in [0.717, 1.165) is 13.0 Å². The molecule has 38 heavy (non-hydrogen) atoms. The molecule has 0 saturated heterocycles. The van der Waals surface area contributed by atoms with Crippen LogP contribution in [0.2, 0.25) is 0 Å². The predicted molar refractivity (Wildman–Crippen MR) is 151 cm³/mol. The van der Waals surface area contributed by atoms with Gasteiger partial charge in [-0.05, 0) is 18.6 Å². The first kappa shape index (κ1) is 32.4. The third-order valence-corrected chi connectivity index (χ3v) is 6.85. The van der Waals surface area contributed by atoms with Crippen LogP contribution in [0.25, 0.3) is 0 Å². The molecule has 7 heteroatoms. The van der Waals surface area contributed by atoms with Crippen molar-refractivity contribution in [3.8, 4) is 0 Å². The number of imide groups is 1. The molecule has 0 spiro atoms. The summed E-state index contributed by atoms with van der Waals surface area (Å²) in [5, 5.41) is 0. The lowest BCUT2D eigenvalue weighted by Crippen LogP contribution is -2.33. The molecule has 0 radical (unpaired) electrons. The Balaban J connectivity index is 1.24. The summed E-state index contributed by atoms with van der Waals surface area (Å²) in [5.74, 6) is -0.508. The summed E-state index contributed by atoms with van der Waals surface area (Å²) in [7, 11) is 0. The molecule has 0 aromatic heterocycles. The molecular weight excluding hydrogens is 482 g/mol. The van der Waals surface area contributed by atoms with E-state index in [1.165, 1.54) is 81.9 Å². The van der Waals surface area contributed by atoms with Gasteiger partial charge in [0.25, 0.3) is 11.8 Å². The van der Waals surface area contributed by atoms with Crippen LogP contribution in [0.4, 0.5) is 0 Å². The number of amides is 2. The first-order chi connectivity index (χ1) is 18.8. The van der Waals surface area contributed by atoms with E-state index in [2.05, 4.69) is 6.92 Å². The van der Waals surface area contributed by atoms with E-state index in [1.807, 2.05) is 0 Å². The monoisotopic (exact) mass is 533 g/mol. The second-order valence-corrected chi connectivity index (χ2v) is 10.00. The largest absolute Gasteiger partial charge is 0.379 e. The maximum absolute atomic E-state index is 12.3. The van der Waals surface area contributed by atoms with Gasteiger partial charge in [0.05, 0.1) is 63.9 Å². The van der Waals surface area contributed by atoms with E-state index < -0.39 is 0 Å². The molecule has 0 saturated carbocycles. The Morgan fingerprint density at radius 1 is 0.500 bits per heavy atom. The second-order valence-electron chi connectivity index (χ2n) is 10.00. The average Bonchev–Trinajstić information content (AvgIpc) is 3.18. The zero-order valence-corrected chi connectivity index (χ0v) is 23.8. The number of nitrogens with zero attached hydrogens (tertiary/aromatic N) is 1. The van der Waals surface area contributed by atoms with Crippen LogP contribution in [-0.4, -0.2) is 76.1 Å². The van der Waals surface area contributed by atoms with Crippen molar-refractivity contribution < 1.29 is 28.5 Å². The van der Waals surface area contributed by atoms with E-state index >= 15 is 0 Å². The van der Waals surface area contributed by atoms with E-state index in [9.17, 15) is 9.59 Å². The van der Waals surface area contributed by atoms with Crippen LogP contribution in [0.3, 0.4) is 0 Å². The van der Waals surface area contributed by atoms with Gasteiger partial charge in [0.1, 0.15) is 0 Å². The molecular formula is C31H51NO6. The Bertz CT molecular complexity index is 721. The molecule has 0 aliphatic carbocycles. The van der Waals surface area contributed by atoms with Gasteiger partial charge < -0.3 is 18.9 Å². The molecule has 0 N–H and O–H groups in total. The van der Waals surface area contributed by atoms with Crippen molar-refractivity contribution >= 4 is 11.8 Å². The van der Waals surface area contributed by atoms with Crippen LogP contribution in [0.15, 0.2) is 24.3 Å². The van der Waals surface area contributed by atoms with Crippen LogP contribution in [0.1, 0.15) is 111 Å². The van der Waals surface area contributed by atoms with Gasteiger partial charge in [-0.3, -0.25) is 14.5 Å². The lowest BCUT2D eigenvalue weighted by Gasteiger charge is -2.13. The van der Waals surface area contributed by atoms with Crippen molar-refractivity contribution in [1.82, 2.24) is 4.90 Å². The van der Waals surface area contributed by atoms with Crippen LogP contribution >= 0.6 is 0 Å². The van der Waals surface area contributed by atoms with Crippen LogP contribution < -0.4 is 0 Å². The normalized spacial score (nSPS) is 13.0. The van der Waals surface area contributed by atoms with Gasteiger partial charge in [-0.15, -0.1) is 0 Å². The molecule has 1 heterocycles. The highest BCUT2D eigenvalue weighted by Crippen LogP contribution is 2.21. The van der Waals surface area contributed by atoms with Crippen LogP contribution in [0.5, 0.6) is 0 Å².